The Morgan fingerprint density at radius 3 is 1.70 bits per heavy atom. The molecule has 1 radical (unpaired) electrons. The lowest BCUT2D eigenvalue weighted by Crippen LogP contribution is -2.05. The highest BCUT2D eigenvalue weighted by atomic mass is 16.5. The molecule has 0 saturated heterocycles. The van der Waals surface area contributed by atoms with Crippen LogP contribution in [0.2, 0.25) is 0 Å². The molecule has 0 N–H and O–H groups in total. The Bertz CT molecular complexity index is 289. The maximum absolute atomic E-state index is 11.5. The lowest BCUT2D eigenvalue weighted by Gasteiger charge is -2.05. The minimum Gasteiger partial charge on any atom is -0.466 e. The maximum atomic E-state index is 11.5. The highest BCUT2D eigenvalue weighted by Crippen LogP contribution is 2.10. The Labute approximate surface area is 142 Å². The fraction of sp³-hybridized carbons (Fsp3) is 0.895. The van der Waals surface area contributed by atoms with E-state index in [9.17, 15) is 14.7 Å². The van der Waals surface area contributed by atoms with Crippen LogP contribution < -0.4 is 0 Å². The van der Waals surface area contributed by atoms with E-state index in [1.54, 1.807) is 0 Å². The fourth-order valence-corrected chi connectivity index (χ4v) is 2.56. The maximum Gasteiger partial charge on any atom is 0.355 e. The second-order valence-corrected chi connectivity index (χ2v) is 6.34. The first-order chi connectivity index (χ1) is 11.2. The molecule has 0 aromatic carbocycles. The third-order valence-corrected chi connectivity index (χ3v) is 4.02. The highest BCUT2D eigenvalue weighted by Gasteiger charge is 2.02. The van der Waals surface area contributed by atoms with Crippen LogP contribution in [0.15, 0.2) is 0 Å². The van der Waals surface area contributed by atoms with Crippen molar-refractivity contribution in [1.82, 2.24) is 0 Å². The first-order valence-electron chi connectivity index (χ1n) is 9.52. The summed E-state index contributed by atoms with van der Waals surface area (Å²) in [6.07, 6.45) is 14.9. The van der Waals surface area contributed by atoms with Gasteiger partial charge in [-0.1, -0.05) is 71.1 Å². The zero-order valence-electron chi connectivity index (χ0n) is 14.9. The van der Waals surface area contributed by atoms with Gasteiger partial charge in [0.25, 0.3) is 0 Å². The summed E-state index contributed by atoms with van der Waals surface area (Å²) < 4.78 is 5.23. The summed E-state index contributed by atoms with van der Waals surface area (Å²) >= 11 is 0. The first-order valence-corrected chi connectivity index (χ1v) is 9.52. The summed E-state index contributed by atoms with van der Waals surface area (Å²) in [6.45, 7) is 2.74. The van der Waals surface area contributed by atoms with E-state index >= 15 is 0 Å². The molecule has 0 fully saturated rings. The predicted octanol–water partition coefficient (Wildman–Crippen LogP) is 5.36. The van der Waals surface area contributed by atoms with E-state index in [4.69, 9.17) is 4.74 Å². The summed E-state index contributed by atoms with van der Waals surface area (Å²) in [7, 11) is 0. The smallest absolute Gasteiger partial charge is 0.355 e. The third kappa shape index (κ3) is 18.9. The zero-order chi connectivity index (χ0) is 17.2. The standard InChI is InChI=1S/C19H35O4/c1-2-3-4-9-13-16-19(22)23-17-14-11-8-6-5-7-10-12-15-18(20)21/h2-17H2,1H3. The minimum atomic E-state index is -0.944. The normalized spacial score (nSPS) is 10.7. The van der Waals surface area contributed by atoms with Crippen molar-refractivity contribution in [2.45, 2.75) is 103 Å². The van der Waals surface area contributed by atoms with Crippen LogP contribution >= 0.6 is 0 Å². The number of hydrogen-bond donors (Lipinski definition) is 0. The molecule has 0 aliphatic carbocycles. The van der Waals surface area contributed by atoms with E-state index in [0.717, 1.165) is 57.8 Å². The topological polar surface area (TPSA) is 63.3 Å². The quantitative estimate of drug-likeness (QED) is 0.267. The molecule has 23 heavy (non-hydrogen) atoms. The molecule has 0 spiro atoms. The van der Waals surface area contributed by atoms with Gasteiger partial charge in [-0.2, -0.15) is 0 Å². The van der Waals surface area contributed by atoms with E-state index in [-0.39, 0.29) is 12.4 Å². The van der Waals surface area contributed by atoms with Crippen molar-refractivity contribution >= 4 is 11.9 Å². The van der Waals surface area contributed by atoms with Crippen molar-refractivity contribution < 1.29 is 19.4 Å². The number of hydrogen-bond acceptors (Lipinski definition) is 3. The molecular weight excluding hydrogens is 292 g/mol. The molecule has 4 heteroatoms. The molecule has 135 valence electrons. The Morgan fingerprint density at radius 1 is 0.652 bits per heavy atom. The van der Waals surface area contributed by atoms with Gasteiger partial charge in [0.1, 0.15) is 0 Å². The molecule has 0 bridgehead atoms. The number of rotatable bonds is 17. The molecule has 0 unspecified atom stereocenters. The van der Waals surface area contributed by atoms with Crippen LogP contribution in [0.25, 0.3) is 0 Å². The zero-order valence-corrected chi connectivity index (χ0v) is 14.9. The summed E-state index contributed by atoms with van der Waals surface area (Å²) in [5.41, 5.74) is 0. The molecule has 0 saturated carbocycles. The van der Waals surface area contributed by atoms with Crippen molar-refractivity contribution in [2.75, 3.05) is 6.61 Å². The van der Waals surface area contributed by atoms with Gasteiger partial charge >= 0.3 is 11.9 Å². The van der Waals surface area contributed by atoms with Gasteiger partial charge in [-0.05, 0) is 19.3 Å². The van der Waals surface area contributed by atoms with Gasteiger partial charge in [-0.3, -0.25) is 4.79 Å². The van der Waals surface area contributed by atoms with Crippen LogP contribution in [0.4, 0.5) is 0 Å². The second-order valence-electron chi connectivity index (χ2n) is 6.34. The van der Waals surface area contributed by atoms with Crippen LogP contribution in [0.3, 0.4) is 0 Å². The number of unbranched alkanes of at least 4 members (excludes halogenated alkanes) is 11. The van der Waals surface area contributed by atoms with E-state index < -0.39 is 5.97 Å². The summed E-state index contributed by atoms with van der Waals surface area (Å²) in [4.78, 5) is 21.7. The third-order valence-electron chi connectivity index (χ3n) is 4.02. The van der Waals surface area contributed by atoms with Gasteiger partial charge < -0.3 is 4.74 Å². The Morgan fingerprint density at radius 2 is 1.13 bits per heavy atom. The van der Waals surface area contributed by atoms with E-state index in [1.165, 1.54) is 25.7 Å². The Balaban J connectivity index is 3.14. The predicted molar refractivity (Wildman–Crippen MR) is 91.6 cm³/mol. The van der Waals surface area contributed by atoms with Crippen molar-refractivity contribution in [2.24, 2.45) is 0 Å². The second kappa shape index (κ2) is 17.3. The highest BCUT2D eigenvalue weighted by molar-refractivity contribution is 5.69. The average Bonchev–Trinajstić information content (AvgIpc) is 2.52. The molecule has 4 nitrogen and oxygen atoms in total. The van der Waals surface area contributed by atoms with Gasteiger partial charge in [0.15, 0.2) is 0 Å². The Hall–Kier alpha value is -1.06. The number of carbonyl (C=O) groups excluding carboxylic acids is 2. The summed E-state index contributed by atoms with van der Waals surface area (Å²) in [6, 6.07) is 0. The number of esters is 1. The molecule has 0 aromatic heterocycles. The summed E-state index contributed by atoms with van der Waals surface area (Å²) in [5, 5.41) is 10.2. The molecule has 0 aliphatic heterocycles. The largest absolute Gasteiger partial charge is 0.466 e. The van der Waals surface area contributed by atoms with Crippen molar-refractivity contribution in [3.63, 3.8) is 0 Å². The lowest BCUT2D eigenvalue weighted by atomic mass is 10.1. The van der Waals surface area contributed by atoms with Gasteiger partial charge in [0, 0.05) is 6.42 Å². The van der Waals surface area contributed by atoms with Crippen LogP contribution in [0.1, 0.15) is 103 Å². The Kier molecular flexibility index (Phi) is 16.5. The fourth-order valence-electron chi connectivity index (χ4n) is 2.56. The molecule has 0 aromatic rings. The summed E-state index contributed by atoms with van der Waals surface area (Å²) in [5.74, 6) is -0.991. The molecule has 0 aliphatic rings. The molecular formula is C19H35O4. The van der Waals surface area contributed by atoms with Gasteiger partial charge in [-0.15, -0.1) is 0 Å². The van der Waals surface area contributed by atoms with E-state index in [1.807, 2.05) is 0 Å². The van der Waals surface area contributed by atoms with E-state index in [0.29, 0.717) is 13.0 Å². The average molecular weight is 327 g/mol. The van der Waals surface area contributed by atoms with Crippen molar-refractivity contribution in [1.29, 1.82) is 0 Å². The van der Waals surface area contributed by atoms with Gasteiger partial charge in [0.05, 0.1) is 13.0 Å². The molecule has 0 rings (SSSR count). The van der Waals surface area contributed by atoms with Crippen LogP contribution in [-0.4, -0.2) is 18.5 Å². The van der Waals surface area contributed by atoms with Gasteiger partial charge in [-0.25, -0.2) is 9.90 Å². The van der Waals surface area contributed by atoms with Crippen molar-refractivity contribution in [3.05, 3.63) is 0 Å². The number of ether oxygens (including phenoxy) is 1. The minimum absolute atomic E-state index is 0.0468. The first kappa shape index (κ1) is 21.9. The SMILES string of the molecule is CCCCCCCC(=O)OCCCCCCCCCCC([O])=O. The van der Waals surface area contributed by atoms with Crippen LogP contribution in [0.5, 0.6) is 0 Å². The lowest BCUT2D eigenvalue weighted by molar-refractivity contribution is -0.144. The van der Waals surface area contributed by atoms with E-state index in [2.05, 4.69) is 6.92 Å². The van der Waals surface area contributed by atoms with Crippen molar-refractivity contribution in [3.8, 4) is 0 Å². The number of carbonyl (C=O) groups is 2. The molecule has 0 amide bonds. The van der Waals surface area contributed by atoms with Gasteiger partial charge in [0.2, 0.25) is 0 Å². The molecule has 0 atom stereocenters. The van der Waals surface area contributed by atoms with Crippen LogP contribution in [-0.2, 0) is 19.4 Å². The monoisotopic (exact) mass is 327 g/mol. The molecule has 0 heterocycles. The van der Waals surface area contributed by atoms with Crippen LogP contribution in [0, 0.1) is 0 Å².